The van der Waals surface area contributed by atoms with E-state index in [9.17, 15) is 0 Å². The largest absolute Gasteiger partial charge is 0.372 e. The van der Waals surface area contributed by atoms with Crippen LogP contribution >= 0.6 is 27.7 Å². The number of hydrogen-bond donors (Lipinski definition) is 0. The molecule has 0 bridgehead atoms. The zero-order chi connectivity index (χ0) is 18.6. The summed E-state index contributed by atoms with van der Waals surface area (Å²) >= 11 is 5.52. The number of nitrogens with zero attached hydrogens (tertiary/aromatic N) is 2. The van der Waals surface area contributed by atoms with Gasteiger partial charge in [-0.15, -0.1) is 11.8 Å². The van der Waals surface area contributed by atoms with E-state index in [0.717, 1.165) is 36.3 Å². The molecular weight excluding hydrogens is 420 g/mol. The van der Waals surface area contributed by atoms with Crippen molar-refractivity contribution in [2.45, 2.75) is 42.6 Å². The molecule has 0 N–H and O–H groups in total. The molecule has 0 amide bonds. The Bertz CT molecular complexity index is 896. The Morgan fingerprint density at radius 1 is 1.15 bits per heavy atom. The average Bonchev–Trinajstić information content (AvgIpc) is 3.03. The van der Waals surface area contributed by atoms with Crippen LogP contribution in [0, 0.1) is 6.92 Å². The number of hydrogen-bond acceptors (Lipinski definition) is 3. The van der Waals surface area contributed by atoms with Crippen LogP contribution in [0.4, 0.5) is 0 Å². The Kier molecular flexibility index (Phi) is 6.01. The molecule has 5 heteroatoms. The van der Waals surface area contributed by atoms with Crippen LogP contribution in [0.1, 0.15) is 35.8 Å². The molecule has 2 aromatic carbocycles. The summed E-state index contributed by atoms with van der Waals surface area (Å²) in [6, 6.07) is 21.3. The van der Waals surface area contributed by atoms with Gasteiger partial charge in [-0.1, -0.05) is 48.0 Å². The molecule has 27 heavy (non-hydrogen) atoms. The van der Waals surface area contributed by atoms with E-state index < -0.39 is 0 Å². The maximum absolute atomic E-state index is 6.15. The molecule has 1 aromatic heterocycles. The summed E-state index contributed by atoms with van der Waals surface area (Å²) in [5, 5.41) is 5.21. The smallest absolute Gasteiger partial charge is 0.128 e. The van der Waals surface area contributed by atoms with Crippen LogP contribution in [0.5, 0.6) is 0 Å². The van der Waals surface area contributed by atoms with E-state index in [0.29, 0.717) is 5.25 Å². The summed E-state index contributed by atoms with van der Waals surface area (Å²) in [6.45, 7) is 3.70. The van der Waals surface area contributed by atoms with Crippen LogP contribution < -0.4 is 0 Å². The molecule has 2 atom stereocenters. The molecule has 1 saturated heterocycles. The van der Waals surface area contributed by atoms with E-state index in [4.69, 9.17) is 4.74 Å². The topological polar surface area (TPSA) is 27.1 Å². The van der Waals surface area contributed by atoms with Crippen LogP contribution in [-0.4, -0.2) is 21.6 Å². The summed E-state index contributed by atoms with van der Waals surface area (Å²) in [7, 11) is 0. The number of benzene rings is 2. The number of thioether (sulfide) groups is 1. The molecular formula is C22H23BrN2OS. The normalized spacial score (nSPS) is 19.9. The third kappa shape index (κ3) is 4.84. The van der Waals surface area contributed by atoms with E-state index in [-0.39, 0.29) is 6.10 Å². The zero-order valence-electron chi connectivity index (χ0n) is 15.3. The SMILES string of the molecule is Cc1cccc(SC2CCOC(c3cc(Br)nn3Cc3ccccc3)C2)c1. The monoisotopic (exact) mass is 442 g/mol. The second-order valence-corrected chi connectivity index (χ2v) is 9.16. The number of halogens is 1. The van der Waals surface area contributed by atoms with Gasteiger partial charge in [0.15, 0.2) is 0 Å². The van der Waals surface area contributed by atoms with Crippen LogP contribution in [0.3, 0.4) is 0 Å². The lowest BCUT2D eigenvalue weighted by Gasteiger charge is -2.29. The highest BCUT2D eigenvalue weighted by molar-refractivity contribution is 9.10. The van der Waals surface area contributed by atoms with Crippen molar-refractivity contribution in [3.8, 4) is 0 Å². The summed E-state index contributed by atoms with van der Waals surface area (Å²) in [5.41, 5.74) is 3.71. The molecule has 1 aliphatic heterocycles. The molecule has 3 aromatic rings. The predicted octanol–water partition coefficient (Wildman–Crippen LogP) is 6.01. The average molecular weight is 443 g/mol. The Labute approximate surface area is 173 Å². The van der Waals surface area contributed by atoms with Gasteiger partial charge < -0.3 is 4.74 Å². The minimum absolute atomic E-state index is 0.0866. The lowest BCUT2D eigenvalue weighted by atomic mass is 10.1. The van der Waals surface area contributed by atoms with Crippen LogP contribution in [0.2, 0.25) is 0 Å². The fourth-order valence-corrected chi connectivity index (χ4v) is 5.21. The van der Waals surface area contributed by atoms with Crippen LogP contribution in [0.25, 0.3) is 0 Å². The third-order valence-corrected chi connectivity index (χ3v) is 6.49. The second kappa shape index (κ2) is 8.63. The van der Waals surface area contributed by atoms with Crippen molar-refractivity contribution in [3.63, 3.8) is 0 Å². The number of aromatic nitrogens is 2. The maximum Gasteiger partial charge on any atom is 0.128 e. The fraction of sp³-hybridized carbons (Fsp3) is 0.318. The minimum atomic E-state index is 0.0866. The van der Waals surface area contributed by atoms with Crippen LogP contribution in [0.15, 0.2) is 70.2 Å². The van der Waals surface area contributed by atoms with Gasteiger partial charge in [0.2, 0.25) is 0 Å². The molecule has 3 nitrogen and oxygen atoms in total. The van der Waals surface area contributed by atoms with Crippen molar-refractivity contribution in [1.29, 1.82) is 0 Å². The van der Waals surface area contributed by atoms with E-state index in [1.54, 1.807) is 0 Å². The quantitative estimate of drug-likeness (QED) is 0.483. The van der Waals surface area contributed by atoms with Gasteiger partial charge in [0.25, 0.3) is 0 Å². The van der Waals surface area contributed by atoms with Crippen molar-refractivity contribution in [3.05, 3.63) is 82.1 Å². The van der Waals surface area contributed by atoms with Crippen LogP contribution in [-0.2, 0) is 11.3 Å². The van der Waals surface area contributed by atoms with Crippen molar-refractivity contribution in [2.24, 2.45) is 0 Å². The first-order chi connectivity index (χ1) is 13.2. The standard InChI is InChI=1S/C22H23BrN2OS/c1-16-6-5-9-18(12-16)27-19-10-11-26-21(13-19)20-14-22(23)24-25(20)15-17-7-3-2-4-8-17/h2-9,12,14,19,21H,10-11,13,15H2,1H3. The predicted molar refractivity (Wildman–Crippen MR) is 114 cm³/mol. The summed E-state index contributed by atoms with van der Waals surface area (Å²) in [5.74, 6) is 0. The van der Waals surface area contributed by atoms with Gasteiger partial charge in [0.05, 0.1) is 12.2 Å². The molecule has 2 heterocycles. The van der Waals surface area contributed by atoms with Crippen molar-refractivity contribution < 1.29 is 4.74 Å². The number of rotatable bonds is 5. The Balaban J connectivity index is 1.49. The van der Waals surface area contributed by atoms with E-state index in [2.05, 4.69) is 87.2 Å². The van der Waals surface area contributed by atoms with Gasteiger partial charge in [0.1, 0.15) is 10.7 Å². The lowest BCUT2D eigenvalue weighted by molar-refractivity contribution is 0.0125. The molecule has 0 saturated carbocycles. The van der Waals surface area contributed by atoms with Gasteiger partial charge in [-0.2, -0.15) is 5.10 Å². The zero-order valence-corrected chi connectivity index (χ0v) is 17.7. The molecule has 0 radical (unpaired) electrons. The minimum Gasteiger partial charge on any atom is -0.372 e. The molecule has 140 valence electrons. The third-order valence-electron chi connectivity index (χ3n) is 4.81. The van der Waals surface area contributed by atoms with Gasteiger partial charge >= 0.3 is 0 Å². The van der Waals surface area contributed by atoms with E-state index >= 15 is 0 Å². The van der Waals surface area contributed by atoms with Gasteiger partial charge in [0, 0.05) is 16.8 Å². The molecule has 1 fully saturated rings. The first-order valence-corrected chi connectivity index (χ1v) is 11.0. The molecule has 0 aliphatic carbocycles. The van der Waals surface area contributed by atoms with Crippen molar-refractivity contribution >= 4 is 27.7 Å². The van der Waals surface area contributed by atoms with Crippen molar-refractivity contribution in [1.82, 2.24) is 9.78 Å². The fourth-order valence-electron chi connectivity index (χ4n) is 3.50. The summed E-state index contributed by atoms with van der Waals surface area (Å²) in [4.78, 5) is 1.35. The van der Waals surface area contributed by atoms with Crippen molar-refractivity contribution in [2.75, 3.05) is 6.61 Å². The summed E-state index contributed by atoms with van der Waals surface area (Å²) < 4.78 is 9.09. The molecule has 0 spiro atoms. The van der Waals surface area contributed by atoms with E-state index in [1.165, 1.54) is 16.0 Å². The van der Waals surface area contributed by atoms with Gasteiger partial charge in [-0.05, 0) is 59.5 Å². The highest BCUT2D eigenvalue weighted by Gasteiger charge is 2.27. The highest BCUT2D eigenvalue weighted by atomic mass is 79.9. The summed E-state index contributed by atoms with van der Waals surface area (Å²) in [6.07, 6.45) is 2.18. The lowest BCUT2D eigenvalue weighted by Crippen LogP contribution is -2.24. The Morgan fingerprint density at radius 3 is 2.81 bits per heavy atom. The Hall–Kier alpha value is -1.56. The molecule has 4 rings (SSSR count). The van der Waals surface area contributed by atoms with Gasteiger partial charge in [-0.3, -0.25) is 4.68 Å². The second-order valence-electron chi connectivity index (χ2n) is 6.98. The van der Waals surface area contributed by atoms with Gasteiger partial charge in [-0.25, -0.2) is 0 Å². The van der Waals surface area contributed by atoms with E-state index in [1.807, 2.05) is 17.8 Å². The first-order valence-electron chi connectivity index (χ1n) is 9.29. The molecule has 1 aliphatic rings. The highest BCUT2D eigenvalue weighted by Crippen LogP contribution is 2.38. The number of aryl methyl sites for hydroxylation is 1. The molecule has 2 unspecified atom stereocenters. The number of ether oxygens (including phenoxy) is 1. The first kappa shape index (κ1) is 18.8. The maximum atomic E-state index is 6.15. The Morgan fingerprint density at radius 2 is 2.00 bits per heavy atom.